The summed E-state index contributed by atoms with van der Waals surface area (Å²) >= 11 is 6.00. The molecule has 0 aliphatic carbocycles. The number of carbonyl (C=O) groups excluding carboxylic acids is 1. The number of carboxylic acids is 1. The van der Waals surface area contributed by atoms with Gasteiger partial charge in [-0.3, -0.25) is 4.79 Å². The molecule has 0 saturated heterocycles. The van der Waals surface area contributed by atoms with E-state index < -0.39 is 23.7 Å². The van der Waals surface area contributed by atoms with Crippen molar-refractivity contribution in [3.63, 3.8) is 0 Å². The van der Waals surface area contributed by atoms with E-state index in [2.05, 4.69) is 15.5 Å². The third-order valence-electron chi connectivity index (χ3n) is 4.16. The normalized spacial score (nSPS) is 11.4. The fourth-order valence-corrected chi connectivity index (χ4v) is 3.01. The molecule has 1 amide bonds. The van der Waals surface area contributed by atoms with Crippen LogP contribution in [0.1, 0.15) is 37.5 Å². The molecule has 156 valence electrons. The Labute approximate surface area is 173 Å². The molecular weight excluding hydrogens is 425 g/mol. The summed E-state index contributed by atoms with van der Waals surface area (Å²) in [7, 11) is 0. The van der Waals surface area contributed by atoms with E-state index in [1.54, 1.807) is 25.1 Å². The number of benzene rings is 2. The van der Waals surface area contributed by atoms with Gasteiger partial charge in [-0.2, -0.15) is 23.1 Å². The van der Waals surface area contributed by atoms with Crippen LogP contribution in [0.15, 0.2) is 42.6 Å². The Morgan fingerprint density at radius 3 is 2.57 bits per heavy atom. The molecular formula is C19H14ClF3N4O3. The summed E-state index contributed by atoms with van der Waals surface area (Å²) in [6.45, 7) is 1.68. The SMILES string of the molecule is Cc1cc(Cn2ncc(C(F)(F)F)n2)ccc1NC(=O)c1c(Cl)cccc1C(=O)O. The number of nitrogens with one attached hydrogen (secondary N) is 1. The minimum absolute atomic E-state index is 0.00117. The second-order valence-electron chi connectivity index (χ2n) is 6.33. The fourth-order valence-electron chi connectivity index (χ4n) is 2.75. The lowest BCUT2D eigenvalue weighted by atomic mass is 10.1. The average Bonchev–Trinajstić information content (AvgIpc) is 3.12. The van der Waals surface area contributed by atoms with Crippen LogP contribution in [0.2, 0.25) is 5.02 Å². The van der Waals surface area contributed by atoms with Crippen molar-refractivity contribution in [1.29, 1.82) is 0 Å². The van der Waals surface area contributed by atoms with Crippen LogP contribution < -0.4 is 5.32 Å². The lowest BCUT2D eigenvalue weighted by molar-refractivity contribution is -0.141. The second kappa shape index (κ2) is 8.15. The summed E-state index contributed by atoms with van der Waals surface area (Å²) in [5, 5.41) is 18.9. The first-order chi connectivity index (χ1) is 14.1. The molecule has 1 heterocycles. The lowest BCUT2D eigenvalue weighted by Crippen LogP contribution is -2.17. The van der Waals surface area contributed by atoms with Crippen molar-refractivity contribution in [2.24, 2.45) is 0 Å². The number of carboxylic acid groups (broad SMARTS) is 1. The Balaban J connectivity index is 1.79. The second-order valence-corrected chi connectivity index (χ2v) is 6.74. The molecule has 0 aliphatic rings. The molecule has 0 spiro atoms. The van der Waals surface area contributed by atoms with Crippen molar-refractivity contribution in [2.75, 3.05) is 5.32 Å². The zero-order valence-corrected chi connectivity index (χ0v) is 16.1. The van der Waals surface area contributed by atoms with Crippen molar-refractivity contribution in [3.05, 3.63) is 75.6 Å². The Kier molecular flexibility index (Phi) is 5.79. The highest BCUT2D eigenvalue weighted by atomic mass is 35.5. The zero-order chi connectivity index (χ0) is 22.1. The van der Waals surface area contributed by atoms with Crippen LogP contribution in [0.25, 0.3) is 0 Å². The Hall–Kier alpha value is -3.40. The average molecular weight is 439 g/mol. The first-order valence-electron chi connectivity index (χ1n) is 8.46. The standard InChI is InChI=1S/C19H14ClF3N4O3/c1-10-7-11(9-27-24-8-15(26-27)19(21,22)23)5-6-14(10)25-17(28)16-12(18(29)30)3-2-4-13(16)20/h2-8H,9H2,1H3,(H,25,28)(H,29,30). The fraction of sp³-hybridized carbons (Fsp3) is 0.158. The third-order valence-corrected chi connectivity index (χ3v) is 4.48. The number of aromatic nitrogens is 3. The van der Waals surface area contributed by atoms with Gasteiger partial charge in [0.25, 0.3) is 5.91 Å². The summed E-state index contributed by atoms with van der Waals surface area (Å²) in [5.74, 6) is -1.99. The van der Waals surface area contributed by atoms with Crippen molar-refractivity contribution in [2.45, 2.75) is 19.6 Å². The van der Waals surface area contributed by atoms with E-state index >= 15 is 0 Å². The van der Waals surface area contributed by atoms with Gasteiger partial charge in [0.15, 0.2) is 5.69 Å². The van der Waals surface area contributed by atoms with Crippen LogP contribution in [0, 0.1) is 6.92 Å². The number of alkyl halides is 3. The van der Waals surface area contributed by atoms with Gasteiger partial charge >= 0.3 is 12.1 Å². The van der Waals surface area contributed by atoms with E-state index in [0.29, 0.717) is 23.0 Å². The number of amides is 1. The summed E-state index contributed by atoms with van der Waals surface area (Å²) in [5.41, 5.74) is 0.114. The number of halogens is 4. The monoisotopic (exact) mass is 438 g/mol. The molecule has 0 atom stereocenters. The minimum atomic E-state index is -4.57. The Morgan fingerprint density at radius 1 is 1.23 bits per heavy atom. The van der Waals surface area contributed by atoms with Gasteiger partial charge in [0.05, 0.1) is 28.9 Å². The first kappa shape index (κ1) is 21.3. The zero-order valence-electron chi connectivity index (χ0n) is 15.4. The van der Waals surface area contributed by atoms with Gasteiger partial charge < -0.3 is 10.4 Å². The molecule has 0 saturated carbocycles. The first-order valence-corrected chi connectivity index (χ1v) is 8.84. The van der Waals surface area contributed by atoms with Gasteiger partial charge in [0.2, 0.25) is 0 Å². The van der Waals surface area contributed by atoms with Gasteiger partial charge in [0, 0.05) is 5.69 Å². The number of aromatic carboxylic acids is 1. The van der Waals surface area contributed by atoms with Gasteiger partial charge in [-0.15, -0.1) is 5.10 Å². The molecule has 0 aliphatic heterocycles. The molecule has 11 heteroatoms. The van der Waals surface area contributed by atoms with Crippen molar-refractivity contribution >= 4 is 29.2 Å². The van der Waals surface area contributed by atoms with Crippen molar-refractivity contribution < 1.29 is 27.9 Å². The number of nitrogens with zero attached hydrogens (tertiary/aromatic N) is 3. The van der Waals surface area contributed by atoms with E-state index in [0.717, 1.165) is 4.80 Å². The quantitative estimate of drug-likeness (QED) is 0.620. The van der Waals surface area contributed by atoms with Gasteiger partial charge in [-0.05, 0) is 36.2 Å². The molecule has 7 nitrogen and oxygen atoms in total. The highest BCUT2D eigenvalue weighted by Crippen LogP contribution is 2.27. The Morgan fingerprint density at radius 2 is 1.97 bits per heavy atom. The maximum Gasteiger partial charge on any atom is 0.436 e. The highest BCUT2D eigenvalue weighted by Gasteiger charge is 2.34. The van der Waals surface area contributed by atoms with E-state index in [-0.39, 0.29) is 22.7 Å². The van der Waals surface area contributed by atoms with Crippen molar-refractivity contribution in [1.82, 2.24) is 15.0 Å². The van der Waals surface area contributed by atoms with Gasteiger partial charge in [-0.1, -0.05) is 29.8 Å². The molecule has 2 N–H and O–H groups in total. The van der Waals surface area contributed by atoms with E-state index in [9.17, 15) is 27.9 Å². The third kappa shape index (κ3) is 4.60. The van der Waals surface area contributed by atoms with Gasteiger partial charge in [0.1, 0.15) is 0 Å². The largest absolute Gasteiger partial charge is 0.478 e. The van der Waals surface area contributed by atoms with Crippen LogP contribution >= 0.6 is 11.6 Å². The molecule has 0 radical (unpaired) electrons. The van der Waals surface area contributed by atoms with Crippen LogP contribution in [0.3, 0.4) is 0 Å². The molecule has 3 rings (SSSR count). The van der Waals surface area contributed by atoms with Crippen LogP contribution in [-0.4, -0.2) is 32.0 Å². The highest BCUT2D eigenvalue weighted by molar-refractivity contribution is 6.35. The predicted octanol–water partition coefficient (Wildman–Crippen LogP) is 4.26. The molecule has 0 unspecified atom stereocenters. The number of aryl methyl sites for hydroxylation is 1. The summed E-state index contributed by atoms with van der Waals surface area (Å²) in [4.78, 5) is 24.9. The summed E-state index contributed by atoms with van der Waals surface area (Å²) in [6, 6.07) is 8.89. The number of anilines is 1. The number of rotatable bonds is 5. The smallest absolute Gasteiger partial charge is 0.436 e. The van der Waals surface area contributed by atoms with E-state index in [4.69, 9.17) is 11.6 Å². The molecule has 3 aromatic rings. The lowest BCUT2D eigenvalue weighted by Gasteiger charge is -2.12. The summed E-state index contributed by atoms with van der Waals surface area (Å²) < 4.78 is 37.9. The maximum atomic E-state index is 12.6. The van der Waals surface area contributed by atoms with E-state index in [1.165, 1.54) is 18.2 Å². The maximum absolute atomic E-state index is 12.6. The molecule has 0 fully saturated rings. The molecule has 30 heavy (non-hydrogen) atoms. The number of hydrogen-bond acceptors (Lipinski definition) is 4. The molecule has 2 aromatic carbocycles. The van der Waals surface area contributed by atoms with Crippen LogP contribution in [0.4, 0.5) is 18.9 Å². The minimum Gasteiger partial charge on any atom is -0.478 e. The molecule has 1 aromatic heterocycles. The van der Waals surface area contributed by atoms with Crippen molar-refractivity contribution in [3.8, 4) is 0 Å². The summed E-state index contributed by atoms with van der Waals surface area (Å²) in [6.07, 6.45) is -3.93. The predicted molar refractivity (Wildman–Crippen MR) is 102 cm³/mol. The van der Waals surface area contributed by atoms with E-state index in [1.807, 2.05) is 0 Å². The topological polar surface area (TPSA) is 97.1 Å². The van der Waals surface area contributed by atoms with Crippen LogP contribution in [-0.2, 0) is 12.7 Å². The van der Waals surface area contributed by atoms with Crippen LogP contribution in [0.5, 0.6) is 0 Å². The number of hydrogen-bond donors (Lipinski definition) is 2. The Bertz CT molecular complexity index is 1130. The molecule has 0 bridgehead atoms. The van der Waals surface area contributed by atoms with Gasteiger partial charge in [-0.25, -0.2) is 4.79 Å². The number of carbonyl (C=O) groups is 2.